The van der Waals surface area contributed by atoms with Crippen LogP contribution < -0.4 is 14.5 Å². The van der Waals surface area contributed by atoms with E-state index in [2.05, 4.69) is 70.3 Å². The summed E-state index contributed by atoms with van der Waals surface area (Å²) in [7, 11) is 0. The number of amides is 1. The van der Waals surface area contributed by atoms with Crippen LogP contribution in [0.25, 0.3) is 10.8 Å². The topological polar surface area (TPSA) is 98.1 Å². The summed E-state index contributed by atoms with van der Waals surface area (Å²) in [5.41, 5.74) is 4.42. The Kier molecular flexibility index (Phi) is 14.1. The number of halogens is 1. The van der Waals surface area contributed by atoms with E-state index in [9.17, 15) is 4.79 Å². The van der Waals surface area contributed by atoms with E-state index in [0.717, 1.165) is 107 Å². The van der Waals surface area contributed by atoms with Crippen molar-refractivity contribution in [2.45, 2.75) is 63.1 Å². The van der Waals surface area contributed by atoms with Crippen LogP contribution >= 0.6 is 24.2 Å². The molecule has 10 nitrogen and oxygen atoms in total. The molecular weight excluding hydrogens is 718 g/mol. The fourth-order valence-electron chi connectivity index (χ4n) is 7.63. The normalized spacial score (nSPS) is 17.1. The van der Waals surface area contributed by atoms with Gasteiger partial charge >= 0.3 is 6.01 Å². The molecule has 2 saturated heterocycles. The summed E-state index contributed by atoms with van der Waals surface area (Å²) in [4.78, 5) is 32.5. The maximum atomic E-state index is 12.3. The Morgan fingerprint density at radius 2 is 1.81 bits per heavy atom. The molecule has 4 heterocycles. The highest BCUT2D eigenvalue weighted by atomic mass is 35.5. The van der Waals surface area contributed by atoms with Crippen molar-refractivity contribution in [2.75, 3.05) is 68.8 Å². The smallest absolute Gasteiger partial charge is 0.318 e. The number of fused-ring (bicyclic) bond motifs is 2. The summed E-state index contributed by atoms with van der Waals surface area (Å²) in [5.74, 6) is 0.904. The number of nitriles is 1. The van der Waals surface area contributed by atoms with E-state index in [4.69, 9.17) is 36.3 Å². The molecule has 12 heteroatoms. The highest BCUT2D eigenvalue weighted by molar-refractivity contribution is 7.80. The standard InChI is InChI=1S/C40H47ClN6O3S.C2H3N/c1-2-37(48)45-20-22-46(23-21-45)39-33-16-19-47(36-15-7-11-30-10-6-14-34(41)38(30)36)26-35(33)42-40(43-39)50-28-31-12-8-18-44(31)17-3-4-24-49-27-29-9-5-13-32(51)25-29;1-2-3/h2,5-7,9-11,13-15,25,31,51H,1,3-4,8,12,16-24,26-28H2;1H3. The number of unbranched alkanes of at least 4 members (excludes halogenated alkanes) is 1. The average molecular weight is 768 g/mol. The number of ether oxygens (including phenoxy) is 2. The molecule has 0 N–H and O–H groups in total. The van der Waals surface area contributed by atoms with Crippen molar-refractivity contribution in [1.29, 1.82) is 5.26 Å². The molecule has 284 valence electrons. The lowest BCUT2D eigenvalue weighted by atomic mass is 10.0. The van der Waals surface area contributed by atoms with E-state index in [0.29, 0.717) is 58.0 Å². The Morgan fingerprint density at radius 3 is 2.59 bits per heavy atom. The van der Waals surface area contributed by atoms with Crippen LogP contribution in [0.3, 0.4) is 0 Å². The minimum absolute atomic E-state index is 0.0269. The number of nitrogens with zero attached hydrogens (tertiary/aromatic N) is 7. The van der Waals surface area contributed by atoms with Gasteiger partial charge in [-0.2, -0.15) is 15.2 Å². The second-order valence-corrected chi connectivity index (χ2v) is 14.8. The van der Waals surface area contributed by atoms with Gasteiger partial charge in [0.2, 0.25) is 5.91 Å². The van der Waals surface area contributed by atoms with Gasteiger partial charge in [0, 0.05) is 73.8 Å². The van der Waals surface area contributed by atoms with Gasteiger partial charge in [0.1, 0.15) is 12.4 Å². The van der Waals surface area contributed by atoms with Crippen LogP contribution in [0.2, 0.25) is 5.02 Å². The fourth-order valence-corrected chi connectivity index (χ4v) is 8.16. The van der Waals surface area contributed by atoms with Gasteiger partial charge in [-0.1, -0.05) is 54.6 Å². The molecule has 1 unspecified atom stereocenters. The summed E-state index contributed by atoms with van der Waals surface area (Å²) in [6.45, 7) is 13.3. The Bertz CT molecular complexity index is 1940. The number of aromatic nitrogens is 2. The van der Waals surface area contributed by atoms with Crippen molar-refractivity contribution >= 4 is 52.4 Å². The third kappa shape index (κ3) is 9.85. The summed E-state index contributed by atoms with van der Waals surface area (Å²) in [6, 6.07) is 23.0. The number of rotatable bonds is 13. The van der Waals surface area contributed by atoms with Gasteiger partial charge in [0.15, 0.2) is 0 Å². The van der Waals surface area contributed by atoms with Crippen LogP contribution in [0.15, 0.2) is 78.2 Å². The molecule has 2 fully saturated rings. The van der Waals surface area contributed by atoms with Crippen molar-refractivity contribution in [3.8, 4) is 12.1 Å². The Morgan fingerprint density at radius 1 is 1.04 bits per heavy atom. The molecule has 54 heavy (non-hydrogen) atoms. The van der Waals surface area contributed by atoms with E-state index in [1.165, 1.54) is 13.0 Å². The summed E-state index contributed by atoms with van der Waals surface area (Å²) >= 11 is 11.2. The van der Waals surface area contributed by atoms with Crippen LogP contribution in [0, 0.1) is 11.3 Å². The molecule has 7 rings (SSSR count). The molecule has 3 aliphatic heterocycles. The number of carbonyl (C=O) groups excluding carboxylic acids is 1. The second kappa shape index (κ2) is 19.3. The van der Waals surface area contributed by atoms with Crippen molar-refractivity contribution in [2.24, 2.45) is 0 Å². The Labute approximate surface area is 329 Å². The van der Waals surface area contributed by atoms with Crippen molar-refractivity contribution < 1.29 is 14.3 Å². The lowest BCUT2D eigenvalue weighted by Crippen LogP contribution is -2.49. The number of benzene rings is 3. The van der Waals surface area contributed by atoms with Crippen molar-refractivity contribution in [3.63, 3.8) is 0 Å². The molecule has 0 spiro atoms. The summed E-state index contributed by atoms with van der Waals surface area (Å²) in [6.07, 6.45) is 6.56. The van der Waals surface area contributed by atoms with Crippen LogP contribution in [0.4, 0.5) is 11.5 Å². The first-order valence-corrected chi connectivity index (χ1v) is 19.7. The molecule has 0 bridgehead atoms. The zero-order chi connectivity index (χ0) is 37.9. The SMILES string of the molecule is C=CC(=O)N1CCN(c2nc(OCC3CCCN3CCCCOCc3cccc(S)c3)nc3c2CCN(c2cccc4cccc(Cl)c24)C3)CC1.CC#N. The van der Waals surface area contributed by atoms with Gasteiger partial charge in [0.25, 0.3) is 0 Å². The van der Waals surface area contributed by atoms with E-state index in [1.807, 2.05) is 29.2 Å². The molecule has 3 aromatic carbocycles. The molecule has 0 radical (unpaired) electrons. The molecule has 0 aliphatic carbocycles. The van der Waals surface area contributed by atoms with E-state index in [-0.39, 0.29) is 5.91 Å². The minimum atomic E-state index is -0.0269. The van der Waals surface area contributed by atoms with E-state index >= 15 is 0 Å². The lowest BCUT2D eigenvalue weighted by Gasteiger charge is -2.38. The number of anilines is 2. The van der Waals surface area contributed by atoms with Gasteiger partial charge in [-0.05, 0) is 86.5 Å². The quantitative estimate of drug-likeness (QED) is 0.0852. The molecule has 0 saturated carbocycles. The first-order chi connectivity index (χ1) is 26.4. The van der Waals surface area contributed by atoms with Gasteiger partial charge < -0.3 is 24.2 Å². The Hall–Kier alpha value is -4.34. The number of carbonyl (C=O) groups is 1. The minimum Gasteiger partial charge on any atom is -0.462 e. The predicted octanol–water partition coefficient (Wildman–Crippen LogP) is 7.34. The molecule has 1 atom stereocenters. The monoisotopic (exact) mass is 767 g/mol. The summed E-state index contributed by atoms with van der Waals surface area (Å²) < 4.78 is 12.4. The van der Waals surface area contributed by atoms with Crippen LogP contribution in [-0.4, -0.2) is 90.7 Å². The maximum Gasteiger partial charge on any atom is 0.318 e. The number of thiol groups is 1. The second-order valence-electron chi connectivity index (χ2n) is 13.9. The summed E-state index contributed by atoms with van der Waals surface area (Å²) in [5, 5.41) is 10.3. The van der Waals surface area contributed by atoms with Gasteiger partial charge in [-0.15, -0.1) is 12.6 Å². The molecule has 1 aromatic heterocycles. The first kappa shape index (κ1) is 39.4. The third-order valence-corrected chi connectivity index (χ3v) is 10.9. The number of piperazine rings is 1. The van der Waals surface area contributed by atoms with Crippen molar-refractivity contribution in [3.05, 3.63) is 95.2 Å². The molecule has 3 aliphatic rings. The lowest BCUT2D eigenvalue weighted by molar-refractivity contribution is -0.126. The highest BCUT2D eigenvalue weighted by Gasteiger charge is 2.30. The van der Waals surface area contributed by atoms with Crippen LogP contribution in [0.5, 0.6) is 6.01 Å². The number of hydrogen-bond acceptors (Lipinski definition) is 10. The molecule has 1 amide bonds. The Balaban J connectivity index is 0.00000160. The van der Waals surface area contributed by atoms with Gasteiger partial charge in [0.05, 0.1) is 29.9 Å². The van der Waals surface area contributed by atoms with Gasteiger partial charge in [-0.25, -0.2) is 0 Å². The van der Waals surface area contributed by atoms with Gasteiger partial charge in [-0.3, -0.25) is 9.69 Å². The highest BCUT2D eigenvalue weighted by Crippen LogP contribution is 2.37. The first-order valence-electron chi connectivity index (χ1n) is 18.9. The molecular formula is C42H50ClN7O3S. The third-order valence-electron chi connectivity index (χ3n) is 10.3. The number of hydrogen-bond donors (Lipinski definition) is 1. The van der Waals surface area contributed by atoms with E-state index in [1.54, 1.807) is 6.07 Å². The molecule has 4 aromatic rings. The largest absolute Gasteiger partial charge is 0.462 e. The number of likely N-dealkylation sites (tertiary alicyclic amines) is 1. The zero-order valence-corrected chi connectivity index (χ0v) is 32.8. The van der Waals surface area contributed by atoms with Crippen LogP contribution in [-0.2, 0) is 29.1 Å². The average Bonchev–Trinajstić information content (AvgIpc) is 3.65. The maximum absolute atomic E-state index is 12.3. The fraction of sp³-hybridized carbons (Fsp3) is 0.429. The van der Waals surface area contributed by atoms with E-state index < -0.39 is 0 Å². The zero-order valence-electron chi connectivity index (χ0n) is 31.1. The van der Waals surface area contributed by atoms with Crippen molar-refractivity contribution in [1.82, 2.24) is 19.8 Å². The van der Waals surface area contributed by atoms with Crippen LogP contribution in [0.1, 0.15) is 49.4 Å². The predicted molar refractivity (Wildman–Crippen MR) is 219 cm³/mol.